The highest BCUT2D eigenvalue weighted by molar-refractivity contribution is 7.89. The molecule has 6 heteroatoms. The quantitative estimate of drug-likeness (QED) is 0.840. The minimum absolute atomic E-state index is 0.0514. The number of likely N-dealkylation sites (tertiary alicyclic amines) is 1. The molecule has 5 nitrogen and oxygen atoms in total. The van der Waals surface area contributed by atoms with Crippen LogP contribution >= 0.6 is 0 Å². The molecule has 1 N–H and O–H groups in total. The van der Waals surface area contributed by atoms with Gasteiger partial charge in [0.15, 0.2) is 5.78 Å². The SMILES string of the molecule is CCC(=O)c1cccc(S(=O)(=O)NC2CCCN(C)C2)c1. The zero-order valence-corrected chi connectivity index (χ0v) is 13.3. The van der Waals surface area contributed by atoms with Crippen LogP contribution < -0.4 is 4.72 Å². The summed E-state index contributed by atoms with van der Waals surface area (Å²) in [6.45, 7) is 3.48. The van der Waals surface area contributed by atoms with Gasteiger partial charge in [-0.2, -0.15) is 0 Å². The predicted octanol–water partition coefficient (Wildman–Crippen LogP) is 1.65. The molecule has 21 heavy (non-hydrogen) atoms. The number of carbonyl (C=O) groups excluding carboxylic acids is 1. The highest BCUT2D eigenvalue weighted by atomic mass is 32.2. The van der Waals surface area contributed by atoms with E-state index in [-0.39, 0.29) is 16.7 Å². The topological polar surface area (TPSA) is 66.5 Å². The number of carbonyl (C=O) groups is 1. The van der Waals surface area contributed by atoms with Crippen molar-refractivity contribution in [3.05, 3.63) is 29.8 Å². The van der Waals surface area contributed by atoms with Gasteiger partial charge in [-0.3, -0.25) is 4.79 Å². The zero-order chi connectivity index (χ0) is 15.5. The Morgan fingerprint density at radius 1 is 1.43 bits per heavy atom. The van der Waals surface area contributed by atoms with Crippen molar-refractivity contribution < 1.29 is 13.2 Å². The van der Waals surface area contributed by atoms with Gasteiger partial charge in [0.2, 0.25) is 10.0 Å². The van der Waals surface area contributed by atoms with Gasteiger partial charge < -0.3 is 4.90 Å². The van der Waals surface area contributed by atoms with Gasteiger partial charge in [-0.05, 0) is 38.6 Å². The number of benzene rings is 1. The largest absolute Gasteiger partial charge is 0.305 e. The van der Waals surface area contributed by atoms with Crippen LogP contribution in [-0.4, -0.2) is 45.3 Å². The maximum Gasteiger partial charge on any atom is 0.240 e. The lowest BCUT2D eigenvalue weighted by Gasteiger charge is -2.30. The fourth-order valence-corrected chi connectivity index (χ4v) is 3.90. The van der Waals surface area contributed by atoms with Crippen molar-refractivity contribution >= 4 is 15.8 Å². The second kappa shape index (κ2) is 6.68. The van der Waals surface area contributed by atoms with Gasteiger partial charge in [0.1, 0.15) is 0 Å². The Hall–Kier alpha value is -1.24. The number of likely N-dealkylation sites (N-methyl/N-ethyl adjacent to an activating group) is 1. The van der Waals surface area contributed by atoms with Crippen molar-refractivity contribution in [3.63, 3.8) is 0 Å². The third-order valence-corrected chi connectivity index (χ3v) is 5.25. The first-order valence-corrected chi connectivity index (χ1v) is 8.75. The van der Waals surface area contributed by atoms with Gasteiger partial charge in [-0.25, -0.2) is 13.1 Å². The number of rotatable bonds is 5. The van der Waals surface area contributed by atoms with E-state index in [4.69, 9.17) is 0 Å². The van der Waals surface area contributed by atoms with E-state index in [9.17, 15) is 13.2 Å². The smallest absolute Gasteiger partial charge is 0.240 e. The van der Waals surface area contributed by atoms with E-state index >= 15 is 0 Å². The molecule has 1 aromatic carbocycles. The molecular weight excluding hydrogens is 288 g/mol. The van der Waals surface area contributed by atoms with E-state index in [0.29, 0.717) is 18.5 Å². The van der Waals surface area contributed by atoms with E-state index in [1.54, 1.807) is 19.1 Å². The lowest BCUT2D eigenvalue weighted by molar-refractivity contribution is 0.0988. The number of hydrogen-bond acceptors (Lipinski definition) is 4. The Bertz CT molecular complexity index is 613. The maximum absolute atomic E-state index is 12.4. The number of hydrogen-bond donors (Lipinski definition) is 1. The molecule has 1 aromatic rings. The fourth-order valence-electron chi connectivity index (χ4n) is 2.59. The summed E-state index contributed by atoms with van der Waals surface area (Å²) in [6.07, 6.45) is 2.19. The number of ketones is 1. The van der Waals surface area contributed by atoms with Crippen molar-refractivity contribution in [2.75, 3.05) is 20.1 Å². The molecule has 0 aromatic heterocycles. The third kappa shape index (κ3) is 4.12. The molecule has 2 rings (SSSR count). The lowest BCUT2D eigenvalue weighted by atomic mass is 10.1. The van der Waals surface area contributed by atoms with E-state index in [0.717, 1.165) is 19.4 Å². The molecule has 1 aliphatic rings. The normalized spacial score (nSPS) is 20.4. The molecule has 1 fully saturated rings. The summed E-state index contributed by atoms with van der Waals surface area (Å²) in [4.78, 5) is 14.0. The Labute approximate surface area is 126 Å². The fraction of sp³-hybridized carbons (Fsp3) is 0.533. The van der Waals surface area contributed by atoms with Crippen molar-refractivity contribution in [3.8, 4) is 0 Å². The lowest BCUT2D eigenvalue weighted by Crippen LogP contribution is -2.46. The van der Waals surface area contributed by atoms with Gasteiger partial charge in [-0.1, -0.05) is 19.1 Å². The minimum Gasteiger partial charge on any atom is -0.305 e. The average molecular weight is 310 g/mol. The molecule has 0 bridgehead atoms. The summed E-state index contributed by atoms with van der Waals surface area (Å²) in [7, 11) is -1.59. The average Bonchev–Trinajstić information content (AvgIpc) is 2.46. The molecular formula is C15H22N2O3S. The first-order valence-electron chi connectivity index (χ1n) is 7.26. The summed E-state index contributed by atoms with van der Waals surface area (Å²) in [5.41, 5.74) is 0.445. The number of nitrogens with zero attached hydrogens (tertiary/aromatic N) is 1. The van der Waals surface area contributed by atoms with Crippen LogP contribution in [0.2, 0.25) is 0 Å². The van der Waals surface area contributed by atoms with Gasteiger partial charge in [0.25, 0.3) is 0 Å². The van der Waals surface area contributed by atoms with Crippen molar-refractivity contribution in [2.45, 2.75) is 37.1 Å². The standard InChI is InChI=1S/C15H22N2O3S/c1-3-15(18)12-6-4-8-14(10-12)21(19,20)16-13-7-5-9-17(2)11-13/h4,6,8,10,13,16H,3,5,7,9,11H2,1-2H3. The predicted molar refractivity (Wildman–Crippen MR) is 81.9 cm³/mol. The Morgan fingerprint density at radius 2 is 2.19 bits per heavy atom. The van der Waals surface area contributed by atoms with E-state index in [1.165, 1.54) is 12.1 Å². The first kappa shape index (κ1) is 16.1. The summed E-state index contributed by atoms with van der Waals surface area (Å²) < 4.78 is 27.6. The Kier molecular flexibility index (Phi) is 5.13. The van der Waals surface area contributed by atoms with Crippen LogP contribution in [-0.2, 0) is 10.0 Å². The summed E-state index contributed by atoms with van der Waals surface area (Å²) in [5, 5.41) is 0. The highest BCUT2D eigenvalue weighted by Crippen LogP contribution is 2.16. The molecule has 0 saturated carbocycles. The van der Waals surface area contributed by atoms with Crippen LogP contribution in [0.3, 0.4) is 0 Å². The van der Waals surface area contributed by atoms with E-state index < -0.39 is 10.0 Å². The number of sulfonamides is 1. The molecule has 1 saturated heterocycles. The molecule has 0 aliphatic carbocycles. The van der Waals surface area contributed by atoms with Gasteiger partial charge >= 0.3 is 0 Å². The summed E-state index contributed by atoms with van der Waals surface area (Å²) in [5.74, 6) is -0.0514. The first-order chi connectivity index (χ1) is 9.92. The molecule has 0 radical (unpaired) electrons. The molecule has 0 amide bonds. The van der Waals surface area contributed by atoms with Gasteiger partial charge in [-0.15, -0.1) is 0 Å². The summed E-state index contributed by atoms with van der Waals surface area (Å²) >= 11 is 0. The highest BCUT2D eigenvalue weighted by Gasteiger charge is 2.24. The number of piperidine rings is 1. The van der Waals surface area contributed by atoms with Crippen LogP contribution in [0.15, 0.2) is 29.2 Å². The Balaban J connectivity index is 2.17. The van der Waals surface area contributed by atoms with Crippen LogP contribution in [0.5, 0.6) is 0 Å². The second-order valence-electron chi connectivity index (χ2n) is 5.53. The number of nitrogens with one attached hydrogen (secondary N) is 1. The monoisotopic (exact) mass is 310 g/mol. The molecule has 1 unspecified atom stereocenters. The molecule has 1 atom stereocenters. The van der Waals surface area contributed by atoms with E-state index in [1.807, 2.05) is 7.05 Å². The molecule has 0 spiro atoms. The summed E-state index contributed by atoms with van der Waals surface area (Å²) in [6, 6.07) is 6.19. The molecule has 1 aliphatic heterocycles. The number of Topliss-reactive ketones (excluding diaryl/α,β-unsaturated/α-hetero) is 1. The van der Waals surface area contributed by atoms with Crippen molar-refractivity contribution in [2.24, 2.45) is 0 Å². The molecule has 1 heterocycles. The van der Waals surface area contributed by atoms with Crippen LogP contribution in [0.1, 0.15) is 36.5 Å². The van der Waals surface area contributed by atoms with Crippen molar-refractivity contribution in [1.82, 2.24) is 9.62 Å². The van der Waals surface area contributed by atoms with Crippen LogP contribution in [0.25, 0.3) is 0 Å². The maximum atomic E-state index is 12.4. The van der Waals surface area contributed by atoms with Gasteiger partial charge in [0, 0.05) is 24.6 Å². The second-order valence-corrected chi connectivity index (χ2v) is 7.24. The molecule has 116 valence electrons. The third-order valence-electron chi connectivity index (χ3n) is 3.73. The van der Waals surface area contributed by atoms with Crippen LogP contribution in [0, 0.1) is 0 Å². The zero-order valence-electron chi connectivity index (χ0n) is 12.5. The van der Waals surface area contributed by atoms with Crippen molar-refractivity contribution in [1.29, 1.82) is 0 Å². The Morgan fingerprint density at radius 3 is 2.86 bits per heavy atom. The minimum atomic E-state index is -3.58. The van der Waals surface area contributed by atoms with Crippen LogP contribution in [0.4, 0.5) is 0 Å². The van der Waals surface area contributed by atoms with Gasteiger partial charge in [0.05, 0.1) is 4.90 Å². The van der Waals surface area contributed by atoms with E-state index in [2.05, 4.69) is 9.62 Å².